The average molecular weight is 435 g/mol. The molecule has 30 heavy (non-hydrogen) atoms. The van der Waals surface area contributed by atoms with Crippen LogP contribution in [-0.4, -0.2) is 18.0 Å². The fourth-order valence-electron chi connectivity index (χ4n) is 3.32. The van der Waals surface area contributed by atoms with Gasteiger partial charge in [-0.2, -0.15) is 0 Å². The van der Waals surface area contributed by atoms with Crippen LogP contribution in [0, 0.1) is 5.82 Å². The van der Waals surface area contributed by atoms with E-state index >= 15 is 0 Å². The molecule has 3 amide bonds. The van der Waals surface area contributed by atoms with Gasteiger partial charge < -0.3 is 21.3 Å². The smallest absolute Gasteiger partial charge is 0.315 e. The van der Waals surface area contributed by atoms with Crippen molar-refractivity contribution in [2.45, 2.75) is 52.0 Å². The van der Waals surface area contributed by atoms with Gasteiger partial charge in [-0.3, -0.25) is 4.79 Å². The highest BCUT2D eigenvalue weighted by Gasteiger charge is 2.20. The van der Waals surface area contributed by atoms with E-state index < -0.39 is 12.1 Å². The van der Waals surface area contributed by atoms with Crippen LogP contribution in [0.2, 0.25) is 0 Å². The molecule has 1 atom stereocenters. The summed E-state index contributed by atoms with van der Waals surface area (Å²) < 4.78 is 12.9. The largest absolute Gasteiger partial charge is 0.350 e. The van der Waals surface area contributed by atoms with Crippen LogP contribution in [0.25, 0.3) is 0 Å². The Hall–Kier alpha value is -2.64. The summed E-state index contributed by atoms with van der Waals surface area (Å²) in [5, 5.41) is 11.7. The average Bonchev–Trinajstić information content (AvgIpc) is 3.19. The number of benzene rings is 2. The van der Waals surface area contributed by atoms with E-state index in [0.29, 0.717) is 13.0 Å². The number of hydrogen-bond donors (Lipinski definition) is 4. The summed E-state index contributed by atoms with van der Waals surface area (Å²) in [6, 6.07) is 11.1. The normalized spacial score (nSPS) is 13.0. The van der Waals surface area contributed by atoms with E-state index in [4.69, 9.17) is 0 Å². The van der Waals surface area contributed by atoms with Gasteiger partial charge >= 0.3 is 6.03 Å². The Labute approximate surface area is 182 Å². The molecule has 1 aliphatic heterocycles. The number of carbonyl (C=O) groups is 2. The van der Waals surface area contributed by atoms with Gasteiger partial charge in [0.15, 0.2) is 0 Å². The van der Waals surface area contributed by atoms with Gasteiger partial charge in [0.05, 0.1) is 0 Å². The van der Waals surface area contributed by atoms with E-state index in [-0.39, 0.29) is 30.7 Å². The van der Waals surface area contributed by atoms with Gasteiger partial charge in [0.25, 0.3) is 0 Å². The van der Waals surface area contributed by atoms with Crippen molar-refractivity contribution in [2.75, 3.05) is 0 Å². The second-order valence-corrected chi connectivity index (χ2v) is 7.22. The van der Waals surface area contributed by atoms with Gasteiger partial charge in [-0.25, -0.2) is 9.18 Å². The van der Waals surface area contributed by atoms with E-state index in [9.17, 15) is 14.0 Å². The van der Waals surface area contributed by atoms with Crippen LogP contribution in [0.3, 0.4) is 0 Å². The SMILES string of the molecule is CCCC(NC(=O)NCc1ccc(F)cc1)C(=O)NCc1ccc2c(c1)CNC2.Cl. The Morgan fingerprint density at radius 2 is 1.67 bits per heavy atom. The third kappa shape index (κ3) is 6.71. The Bertz CT molecular complexity index is 861. The van der Waals surface area contributed by atoms with Crippen LogP contribution >= 0.6 is 12.4 Å². The van der Waals surface area contributed by atoms with Crippen LogP contribution in [0.5, 0.6) is 0 Å². The first kappa shape index (κ1) is 23.6. The third-order valence-electron chi connectivity index (χ3n) is 4.93. The first-order valence-corrected chi connectivity index (χ1v) is 9.93. The van der Waals surface area contributed by atoms with Gasteiger partial charge in [-0.05, 0) is 40.8 Å². The quantitative estimate of drug-likeness (QED) is 0.515. The molecular formula is C22H28ClFN4O2. The summed E-state index contributed by atoms with van der Waals surface area (Å²) in [4.78, 5) is 24.8. The Morgan fingerprint density at radius 3 is 2.40 bits per heavy atom. The molecule has 8 heteroatoms. The maximum atomic E-state index is 12.9. The first-order valence-electron chi connectivity index (χ1n) is 9.93. The number of nitrogens with one attached hydrogen (secondary N) is 4. The minimum absolute atomic E-state index is 0. The van der Waals surface area contributed by atoms with Gasteiger partial charge in [0.2, 0.25) is 5.91 Å². The highest BCUT2D eigenvalue weighted by Crippen LogP contribution is 2.17. The number of fused-ring (bicyclic) bond motifs is 1. The molecule has 1 unspecified atom stereocenters. The molecule has 6 nitrogen and oxygen atoms in total. The predicted molar refractivity (Wildman–Crippen MR) is 117 cm³/mol. The topological polar surface area (TPSA) is 82.3 Å². The van der Waals surface area contributed by atoms with Gasteiger partial charge in [-0.1, -0.05) is 43.7 Å². The number of urea groups is 1. The maximum Gasteiger partial charge on any atom is 0.315 e. The summed E-state index contributed by atoms with van der Waals surface area (Å²) in [7, 11) is 0. The number of halogens is 2. The van der Waals surface area contributed by atoms with E-state index in [1.165, 1.54) is 23.3 Å². The summed E-state index contributed by atoms with van der Waals surface area (Å²) in [5.41, 5.74) is 4.38. The molecule has 4 N–H and O–H groups in total. The van der Waals surface area contributed by atoms with E-state index in [1.54, 1.807) is 12.1 Å². The van der Waals surface area contributed by atoms with Crippen molar-refractivity contribution in [3.05, 3.63) is 70.5 Å². The Kier molecular flexibility index (Phi) is 9.08. The van der Waals surface area contributed by atoms with Crippen molar-refractivity contribution in [3.8, 4) is 0 Å². The van der Waals surface area contributed by atoms with E-state index in [1.807, 2.05) is 13.0 Å². The van der Waals surface area contributed by atoms with Crippen molar-refractivity contribution in [2.24, 2.45) is 0 Å². The zero-order valence-corrected chi connectivity index (χ0v) is 17.8. The van der Waals surface area contributed by atoms with Crippen LogP contribution < -0.4 is 21.3 Å². The summed E-state index contributed by atoms with van der Waals surface area (Å²) in [5.74, 6) is -0.528. The lowest BCUT2D eigenvalue weighted by atomic mass is 10.1. The standard InChI is InChI=1S/C22H27FN4O2.ClH/c1-2-3-20(27-22(29)26-11-15-5-8-19(23)9-6-15)21(28)25-12-16-4-7-17-13-24-14-18(17)10-16;/h4-10,20,24H,2-3,11-14H2,1H3,(H,25,28)(H2,26,27,29);1H. The number of carbonyl (C=O) groups excluding carboxylic acids is 2. The highest BCUT2D eigenvalue weighted by molar-refractivity contribution is 5.87. The molecule has 2 aromatic rings. The number of rotatable bonds is 8. The molecule has 0 bridgehead atoms. The molecule has 2 aromatic carbocycles. The maximum absolute atomic E-state index is 12.9. The molecular weight excluding hydrogens is 407 g/mol. The Balaban J connectivity index is 0.00000320. The van der Waals surface area contributed by atoms with E-state index in [2.05, 4.69) is 33.4 Å². The monoisotopic (exact) mass is 434 g/mol. The predicted octanol–water partition coefficient (Wildman–Crippen LogP) is 3.14. The molecule has 0 saturated heterocycles. The summed E-state index contributed by atoms with van der Waals surface area (Å²) >= 11 is 0. The van der Waals surface area contributed by atoms with Crippen molar-refractivity contribution < 1.29 is 14.0 Å². The van der Waals surface area contributed by atoms with E-state index in [0.717, 1.165) is 30.6 Å². The molecule has 0 saturated carbocycles. The molecule has 0 radical (unpaired) electrons. The Morgan fingerprint density at radius 1 is 1.00 bits per heavy atom. The lowest BCUT2D eigenvalue weighted by molar-refractivity contribution is -0.123. The van der Waals surface area contributed by atoms with Gasteiger partial charge in [-0.15, -0.1) is 12.4 Å². The lowest BCUT2D eigenvalue weighted by Gasteiger charge is -2.18. The third-order valence-corrected chi connectivity index (χ3v) is 4.93. The molecule has 3 rings (SSSR count). The number of amides is 3. The second kappa shape index (κ2) is 11.5. The van der Waals surface area contributed by atoms with Crippen molar-refractivity contribution in [1.29, 1.82) is 0 Å². The molecule has 0 aromatic heterocycles. The minimum atomic E-state index is -0.607. The van der Waals surface area contributed by atoms with Crippen molar-refractivity contribution in [1.82, 2.24) is 21.3 Å². The van der Waals surface area contributed by atoms with Crippen LogP contribution in [0.4, 0.5) is 9.18 Å². The summed E-state index contributed by atoms with van der Waals surface area (Å²) in [6.45, 7) is 4.38. The minimum Gasteiger partial charge on any atom is -0.350 e. The fraction of sp³-hybridized carbons (Fsp3) is 0.364. The molecule has 0 aliphatic carbocycles. The molecule has 1 aliphatic rings. The fourth-order valence-corrected chi connectivity index (χ4v) is 3.32. The number of hydrogen-bond acceptors (Lipinski definition) is 3. The zero-order chi connectivity index (χ0) is 20.6. The van der Waals surface area contributed by atoms with Crippen molar-refractivity contribution >= 4 is 24.3 Å². The van der Waals surface area contributed by atoms with Crippen LogP contribution in [-0.2, 0) is 31.0 Å². The first-order chi connectivity index (χ1) is 14.0. The van der Waals surface area contributed by atoms with Crippen molar-refractivity contribution in [3.63, 3.8) is 0 Å². The van der Waals surface area contributed by atoms with Crippen LogP contribution in [0.1, 0.15) is 42.0 Å². The molecule has 162 valence electrons. The second-order valence-electron chi connectivity index (χ2n) is 7.22. The molecule has 1 heterocycles. The van der Waals surface area contributed by atoms with Gasteiger partial charge in [0.1, 0.15) is 11.9 Å². The summed E-state index contributed by atoms with van der Waals surface area (Å²) in [6.07, 6.45) is 1.31. The molecule has 0 fully saturated rings. The van der Waals surface area contributed by atoms with Gasteiger partial charge in [0, 0.05) is 26.2 Å². The highest BCUT2D eigenvalue weighted by atomic mass is 35.5. The zero-order valence-electron chi connectivity index (χ0n) is 17.0. The lowest BCUT2D eigenvalue weighted by Crippen LogP contribution is -2.49. The molecule has 0 spiro atoms. The van der Waals surface area contributed by atoms with Crippen LogP contribution in [0.15, 0.2) is 42.5 Å².